The van der Waals surface area contributed by atoms with E-state index in [2.05, 4.69) is 35.7 Å². The predicted octanol–water partition coefficient (Wildman–Crippen LogP) is 2.30. The van der Waals surface area contributed by atoms with Crippen molar-refractivity contribution in [2.45, 2.75) is 64.8 Å². The molecule has 3 heterocycles. The highest BCUT2D eigenvalue weighted by Crippen LogP contribution is 2.66. The van der Waals surface area contributed by atoms with Crippen molar-refractivity contribution in [3.63, 3.8) is 0 Å². The molecule has 5 rings (SSSR count). The molecule has 0 unspecified atom stereocenters. The van der Waals surface area contributed by atoms with Crippen LogP contribution in [-0.2, 0) is 14.4 Å². The van der Waals surface area contributed by atoms with Crippen LogP contribution in [0.25, 0.3) is 11.2 Å². The fraction of sp³-hybridized carbons (Fsp3) is 0.700. The minimum atomic E-state index is -0.470. The Bertz CT molecular complexity index is 974. The summed E-state index contributed by atoms with van der Waals surface area (Å²) < 4.78 is 7.87. The van der Waals surface area contributed by atoms with E-state index in [4.69, 9.17) is 15.3 Å². The number of carbonyl (C=O) groups excluding carboxylic acids is 1. The van der Waals surface area contributed by atoms with Gasteiger partial charge in [-0.3, -0.25) is 14.2 Å². The van der Waals surface area contributed by atoms with E-state index in [0.29, 0.717) is 29.3 Å². The maximum absolute atomic E-state index is 13.1. The van der Waals surface area contributed by atoms with Gasteiger partial charge in [-0.25, -0.2) is 15.0 Å². The number of aromatic nitrogens is 4. The predicted molar refractivity (Wildman–Crippen MR) is 105 cm³/mol. The van der Waals surface area contributed by atoms with E-state index < -0.39 is 12.3 Å². The van der Waals surface area contributed by atoms with Crippen LogP contribution < -0.4 is 5.73 Å². The summed E-state index contributed by atoms with van der Waals surface area (Å²) in [6.45, 7) is 6.91. The second kappa shape index (κ2) is 6.12. The Labute approximate surface area is 169 Å². The summed E-state index contributed by atoms with van der Waals surface area (Å²) in [6.07, 6.45) is 6.36. The van der Waals surface area contributed by atoms with E-state index in [9.17, 15) is 4.79 Å². The molecule has 5 atom stereocenters. The van der Waals surface area contributed by atoms with Gasteiger partial charge in [0, 0.05) is 18.9 Å². The first-order valence-corrected chi connectivity index (χ1v) is 10.3. The average molecular weight is 400 g/mol. The van der Waals surface area contributed by atoms with E-state index in [0.717, 1.165) is 12.8 Å². The number of esters is 1. The maximum Gasteiger partial charge on any atom is 0.326 e. The molecule has 2 N–H and O–H groups in total. The van der Waals surface area contributed by atoms with Crippen LogP contribution >= 0.6 is 0 Å². The lowest BCUT2D eigenvalue weighted by molar-refractivity contribution is -0.188. The van der Waals surface area contributed by atoms with Gasteiger partial charge in [0.15, 0.2) is 17.7 Å². The molecule has 0 radical (unpaired) electrons. The monoisotopic (exact) mass is 400 g/mol. The fourth-order valence-electron chi connectivity index (χ4n) is 5.66. The summed E-state index contributed by atoms with van der Waals surface area (Å²) in [5, 5.41) is 1.59. The van der Waals surface area contributed by atoms with Crippen molar-refractivity contribution in [3.8, 4) is 0 Å². The summed E-state index contributed by atoms with van der Waals surface area (Å²) in [5.41, 5.74) is 7.24. The molecule has 9 heteroatoms. The van der Waals surface area contributed by atoms with Crippen LogP contribution in [-0.4, -0.2) is 49.7 Å². The fourth-order valence-corrected chi connectivity index (χ4v) is 5.66. The molecule has 9 nitrogen and oxygen atoms in total. The van der Waals surface area contributed by atoms with Crippen LogP contribution in [0.2, 0.25) is 0 Å². The molecule has 0 aromatic carbocycles. The highest BCUT2D eigenvalue weighted by Gasteiger charge is 2.63. The molecule has 2 bridgehead atoms. The molecular weight excluding hydrogens is 372 g/mol. The third-order valence-corrected chi connectivity index (χ3v) is 8.09. The number of nitrogens with two attached hydrogens (primary N) is 1. The smallest absolute Gasteiger partial charge is 0.326 e. The van der Waals surface area contributed by atoms with Gasteiger partial charge in [0.25, 0.3) is 0 Å². The Morgan fingerprint density at radius 2 is 2.07 bits per heavy atom. The number of hydrogen-bond donors (Lipinski definition) is 1. The summed E-state index contributed by atoms with van der Waals surface area (Å²) in [6, 6.07) is -0.470. The standard InChI is InChI=1S/C20H28N6O3/c1-19(2)11-5-6-20(19,3)13(7-11)28-18(27)12-8-14(29-25(12)4)26-10-24-15-16(21)22-9-23-17(15)26/h9-14H,5-8H2,1-4H3,(H2,21,22,23)/t11-,12+,13+,14+,20+/m0/s1. The largest absolute Gasteiger partial charge is 0.461 e. The van der Waals surface area contributed by atoms with E-state index >= 15 is 0 Å². The molecule has 156 valence electrons. The van der Waals surface area contributed by atoms with Crippen molar-refractivity contribution in [2.24, 2.45) is 16.7 Å². The second-order valence-electron chi connectivity index (χ2n) is 9.48. The lowest BCUT2D eigenvalue weighted by Crippen LogP contribution is -2.42. The molecule has 2 saturated carbocycles. The zero-order valence-corrected chi connectivity index (χ0v) is 17.3. The Hall–Kier alpha value is -2.26. The summed E-state index contributed by atoms with van der Waals surface area (Å²) in [4.78, 5) is 31.5. The van der Waals surface area contributed by atoms with Gasteiger partial charge in [0.2, 0.25) is 0 Å². The molecule has 0 spiro atoms. The number of anilines is 1. The van der Waals surface area contributed by atoms with Gasteiger partial charge < -0.3 is 10.5 Å². The van der Waals surface area contributed by atoms with Crippen LogP contribution in [0.4, 0.5) is 5.82 Å². The number of nitrogen functional groups attached to an aromatic ring is 1. The van der Waals surface area contributed by atoms with Crippen LogP contribution in [0.5, 0.6) is 0 Å². The third-order valence-electron chi connectivity index (χ3n) is 8.09. The molecule has 1 saturated heterocycles. The highest BCUT2D eigenvalue weighted by atomic mass is 16.7. The summed E-state index contributed by atoms with van der Waals surface area (Å²) in [5.74, 6) is 0.726. The van der Waals surface area contributed by atoms with Crippen molar-refractivity contribution in [2.75, 3.05) is 12.8 Å². The topological polar surface area (TPSA) is 108 Å². The normalized spacial score (nSPS) is 36.1. The molecule has 2 aliphatic carbocycles. The van der Waals surface area contributed by atoms with Gasteiger partial charge in [-0.2, -0.15) is 5.06 Å². The lowest BCUT2D eigenvalue weighted by Gasteiger charge is -2.38. The second-order valence-corrected chi connectivity index (χ2v) is 9.48. The number of rotatable bonds is 3. The minimum Gasteiger partial charge on any atom is -0.461 e. The van der Waals surface area contributed by atoms with Crippen LogP contribution in [0.3, 0.4) is 0 Å². The number of hydroxylamine groups is 2. The Morgan fingerprint density at radius 1 is 1.28 bits per heavy atom. The third kappa shape index (κ3) is 2.53. The molecule has 3 fully saturated rings. The number of likely N-dealkylation sites (N-methyl/N-ethyl adjacent to an activating group) is 1. The van der Waals surface area contributed by atoms with Crippen molar-refractivity contribution in [3.05, 3.63) is 12.7 Å². The SMILES string of the molecule is CN1O[C@@H](n2cnc3c(N)ncnc32)C[C@@H]1C(=O)O[C@@H]1C[C@@H]2CC[C@@]1(C)C2(C)C. The van der Waals surface area contributed by atoms with E-state index in [-0.39, 0.29) is 22.9 Å². The van der Waals surface area contributed by atoms with Gasteiger partial charge in [0.1, 0.15) is 24.0 Å². The zero-order valence-electron chi connectivity index (χ0n) is 17.3. The van der Waals surface area contributed by atoms with Crippen molar-refractivity contribution < 1.29 is 14.4 Å². The highest BCUT2D eigenvalue weighted by molar-refractivity contribution is 5.81. The van der Waals surface area contributed by atoms with E-state index in [1.165, 1.54) is 12.7 Å². The quantitative estimate of drug-likeness (QED) is 0.782. The van der Waals surface area contributed by atoms with E-state index in [1.807, 2.05) is 0 Å². The Kier molecular flexibility index (Phi) is 3.96. The van der Waals surface area contributed by atoms with Gasteiger partial charge in [-0.15, -0.1) is 0 Å². The Balaban J connectivity index is 1.32. The molecule has 3 aliphatic rings. The zero-order chi connectivity index (χ0) is 20.6. The van der Waals surface area contributed by atoms with Crippen molar-refractivity contribution in [1.29, 1.82) is 0 Å². The molecule has 29 heavy (non-hydrogen) atoms. The van der Waals surface area contributed by atoms with Crippen LogP contribution in [0.15, 0.2) is 12.7 Å². The number of hydrogen-bond acceptors (Lipinski definition) is 8. The van der Waals surface area contributed by atoms with Crippen LogP contribution in [0, 0.1) is 16.7 Å². The summed E-state index contributed by atoms with van der Waals surface area (Å²) >= 11 is 0. The number of imidazole rings is 1. The number of carbonyl (C=O) groups is 1. The van der Waals surface area contributed by atoms with Gasteiger partial charge in [0.05, 0.1) is 6.33 Å². The van der Waals surface area contributed by atoms with E-state index in [1.54, 1.807) is 23.0 Å². The average Bonchev–Trinajstić information content (AvgIpc) is 3.36. The first kappa shape index (κ1) is 18.7. The minimum absolute atomic E-state index is 0.0298. The molecule has 2 aromatic heterocycles. The first-order valence-electron chi connectivity index (χ1n) is 10.3. The van der Waals surface area contributed by atoms with Gasteiger partial charge in [-0.1, -0.05) is 20.8 Å². The van der Waals surface area contributed by atoms with Crippen molar-refractivity contribution >= 4 is 23.0 Å². The van der Waals surface area contributed by atoms with Gasteiger partial charge in [-0.05, 0) is 30.6 Å². The maximum atomic E-state index is 13.1. The van der Waals surface area contributed by atoms with Crippen molar-refractivity contribution in [1.82, 2.24) is 24.6 Å². The molecule has 0 amide bonds. The number of nitrogens with zero attached hydrogens (tertiary/aromatic N) is 5. The summed E-state index contributed by atoms with van der Waals surface area (Å²) in [7, 11) is 1.76. The number of ether oxygens (including phenoxy) is 1. The molecule has 1 aliphatic heterocycles. The lowest BCUT2D eigenvalue weighted by atomic mass is 9.70. The number of fused-ring (bicyclic) bond motifs is 3. The Morgan fingerprint density at radius 3 is 2.76 bits per heavy atom. The first-order chi connectivity index (χ1) is 13.7. The molecule has 2 aromatic rings. The molecular formula is C20H28N6O3. The van der Waals surface area contributed by atoms with Crippen LogP contribution in [0.1, 0.15) is 52.7 Å². The van der Waals surface area contributed by atoms with Gasteiger partial charge >= 0.3 is 5.97 Å².